The number of hydrogen-bond donors (Lipinski definition) is 1. The smallest absolute Gasteiger partial charge is 0.272 e. The van der Waals surface area contributed by atoms with Crippen LogP contribution in [-0.4, -0.2) is 17.3 Å². The number of aliphatic imine (C=N–C) groups is 1. The van der Waals surface area contributed by atoms with E-state index in [0.717, 1.165) is 0 Å². The van der Waals surface area contributed by atoms with E-state index in [0.29, 0.717) is 23.4 Å². The molecule has 1 aromatic carbocycles. The first-order chi connectivity index (χ1) is 9.79. The van der Waals surface area contributed by atoms with E-state index >= 15 is 0 Å². The summed E-state index contributed by atoms with van der Waals surface area (Å²) in [7, 11) is 0. The highest BCUT2D eigenvalue weighted by molar-refractivity contribution is 6.47. The Bertz CT molecular complexity index is 690. The highest BCUT2D eigenvalue weighted by Gasteiger charge is 2.56. The molecule has 2 saturated carbocycles. The number of amides is 1. The van der Waals surface area contributed by atoms with E-state index in [1.165, 1.54) is 0 Å². The molecule has 1 aromatic rings. The molecule has 3 unspecified atom stereocenters. The quantitative estimate of drug-likeness (QED) is 0.831. The summed E-state index contributed by atoms with van der Waals surface area (Å²) in [4.78, 5) is 16.6. The molecule has 1 heterocycles. The average molecular weight is 264 g/mol. The Morgan fingerprint density at radius 1 is 1.50 bits per heavy atom. The highest BCUT2D eigenvalue weighted by atomic mass is 35.5. The van der Waals surface area contributed by atoms with Crippen molar-refractivity contribution < 1.29 is 8.91 Å². The van der Waals surface area contributed by atoms with Gasteiger partial charge in [-0.25, -0.2) is 0 Å². The molecule has 0 bridgehead atoms. The van der Waals surface area contributed by atoms with Gasteiger partial charge >= 0.3 is 0 Å². The van der Waals surface area contributed by atoms with E-state index in [9.17, 15) is 4.79 Å². The summed E-state index contributed by atoms with van der Waals surface area (Å²) in [6.45, 7) is 0. The largest absolute Gasteiger partial charge is 0.326 e. The van der Waals surface area contributed by atoms with Gasteiger partial charge in [0.15, 0.2) is 0 Å². The topological polar surface area (TPSA) is 41.5 Å². The van der Waals surface area contributed by atoms with Gasteiger partial charge in [0.1, 0.15) is 11.4 Å². The number of rotatable bonds is 1. The second kappa shape index (κ2) is 3.35. The molecule has 2 fully saturated rings. The van der Waals surface area contributed by atoms with Crippen LogP contribution >= 0.6 is 11.6 Å². The second-order valence-electron chi connectivity index (χ2n) is 5.04. The van der Waals surface area contributed by atoms with Crippen LogP contribution in [0.2, 0.25) is 5.02 Å². The van der Waals surface area contributed by atoms with Gasteiger partial charge < -0.3 is 5.32 Å². The Balaban J connectivity index is 1.78. The fourth-order valence-corrected chi connectivity index (χ4v) is 2.83. The van der Waals surface area contributed by atoms with Crippen LogP contribution in [0.15, 0.2) is 29.3 Å². The highest BCUT2D eigenvalue weighted by Crippen LogP contribution is 2.57. The zero-order valence-corrected chi connectivity index (χ0v) is 10.3. The van der Waals surface area contributed by atoms with Gasteiger partial charge in [-0.3, -0.25) is 9.79 Å². The molecule has 3 nitrogen and oxygen atoms in total. The molecule has 92 valence electrons. The molecule has 4 heteroatoms. The Kier molecular flexibility index (Phi) is 1.48. The van der Waals surface area contributed by atoms with E-state index in [-0.39, 0.29) is 17.5 Å². The standard InChI is InChI=1S/C14H13ClN2O/c15-11-3-1-8(2-4-11)12-13(18)17-14(16-12)6-9-5-10(9)7-14/h1-4,9-10H,5-7H2,(H,17,18)/i6D2,9D. The average Bonchev–Trinajstić information content (AvgIpc) is 2.89. The van der Waals surface area contributed by atoms with Crippen LogP contribution in [-0.2, 0) is 4.79 Å². The fraction of sp³-hybridized carbons (Fsp3) is 0.429. The minimum atomic E-state index is -1.85. The van der Waals surface area contributed by atoms with Crippen LogP contribution in [0.3, 0.4) is 0 Å². The molecule has 1 spiro atoms. The normalized spacial score (nSPS) is 45.8. The molecule has 0 saturated heterocycles. The van der Waals surface area contributed by atoms with Crippen molar-refractivity contribution in [3.63, 3.8) is 0 Å². The third-order valence-corrected chi connectivity index (χ3v) is 3.92. The third-order valence-electron chi connectivity index (χ3n) is 3.66. The Hall–Kier alpha value is -1.35. The van der Waals surface area contributed by atoms with Crippen molar-refractivity contribution >= 4 is 23.2 Å². The predicted octanol–water partition coefficient (Wildman–Crippen LogP) is 2.39. The summed E-state index contributed by atoms with van der Waals surface area (Å²) in [5.41, 5.74) is -0.450. The van der Waals surface area contributed by atoms with Crippen molar-refractivity contribution in [2.75, 3.05) is 0 Å². The monoisotopic (exact) mass is 263 g/mol. The number of fused-ring (bicyclic) bond motifs is 1. The van der Waals surface area contributed by atoms with Crippen LogP contribution in [0, 0.1) is 11.8 Å². The van der Waals surface area contributed by atoms with Crippen molar-refractivity contribution in [3.05, 3.63) is 34.9 Å². The summed E-state index contributed by atoms with van der Waals surface area (Å²) >= 11 is 5.84. The lowest BCUT2D eigenvalue weighted by Gasteiger charge is -2.21. The Morgan fingerprint density at radius 2 is 2.28 bits per heavy atom. The zero-order valence-electron chi connectivity index (χ0n) is 12.5. The fourth-order valence-electron chi connectivity index (χ4n) is 2.70. The van der Waals surface area contributed by atoms with E-state index in [1.54, 1.807) is 24.3 Å². The van der Waals surface area contributed by atoms with Gasteiger partial charge in [0.25, 0.3) is 5.91 Å². The molecule has 1 aliphatic heterocycles. The van der Waals surface area contributed by atoms with Crippen molar-refractivity contribution in [2.45, 2.75) is 24.9 Å². The van der Waals surface area contributed by atoms with Crippen molar-refractivity contribution in [1.29, 1.82) is 0 Å². The van der Waals surface area contributed by atoms with Gasteiger partial charge in [-0.05, 0) is 43.2 Å². The van der Waals surface area contributed by atoms with E-state index in [1.807, 2.05) is 0 Å². The lowest BCUT2D eigenvalue weighted by molar-refractivity contribution is -0.115. The molecular weight excluding hydrogens is 248 g/mol. The third kappa shape index (κ3) is 1.50. The number of halogens is 1. The van der Waals surface area contributed by atoms with E-state index in [4.69, 9.17) is 15.7 Å². The SMILES string of the molecule is [2H]C12CC1CC1(N=C(c3ccc(Cl)cc3)C(=O)N1)C2([2H])[2H]. The minimum Gasteiger partial charge on any atom is -0.326 e. The first kappa shape index (κ1) is 7.95. The maximum Gasteiger partial charge on any atom is 0.272 e. The summed E-state index contributed by atoms with van der Waals surface area (Å²) in [6.07, 6.45) is -0.912. The molecule has 3 atom stereocenters. The van der Waals surface area contributed by atoms with Crippen LogP contribution in [0.1, 0.15) is 28.9 Å². The van der Waals surface area contributed by atoms with Crippen LogP contribution in [0.5, 0.6) is 0 Å². The van der Waals surface area contributed by atoms with E-state index in [2.05, 4.69) is 10.3 Å². The molecule has 2 aliphatic carbocycles. The van der Waals surface area contributed by atoms with Crippen LogP contribution < -0.4 is 5.32 Å². The summed E-state index contributed by atoms with van der Waals surface area (Å²) in [6, 6.07) is 6.73. The number of carbonyl (C=O) groups is 1. The minimum absolute atomic E-state index is 0.0267. The maximum atomic E-state index is 12.2. The first-order valence-corrected chi connectivity index (χ1v) is 6.35. The van der Waals surface area contributed by atoms with Gasteiger partial charge in [-0.15, -0.1) is 0 Å². The molecule has 0 aromatic heterocycles. The second-order valence-corrected chi connectivity index (χ2v) is 5.47. The summed E-state index contributed by atoms with van der Waals surface area (Å²) in [5.74, 6) is -1.52. The van der Waals surface area contributed by atoms with Crippen LogP contribution in [0.4, 0.5) is 0 Å². The van der Waals surface area contributed by atoms with E-state index < -0.39 is 17.9 Å². The lowest BCUT2D eigenvalue weighted by atomic mass is 10.1. The van der Waals surface area contributed by atoms with Crippen molar-refractivity contribution in [2.24, 2.45) is 16.8 Å². The number of hydrogen-bond acceptors (Lipinski definition) is 2. The Labute approximate surface area is 114 Å². The van der Waals surface area contributed by atoms with Crippen molar-refractivity contribution in [1.82, 2.24) is 5.32 Å². The van der Waals surface area contributed by atoms with Gasteiger partial charge in [0, 0.05) is 14.7 Å². The molecule has 3 aliphatic rings. The molecule has 0 radical (unpaired) electrons. The lowest BCUT2D eigenvalue weighted by Crippen LogP contribution is -2.41. The number of benzene rings is 1. The van der Waals surface area contributed by atoms with Gasteiger partial charge in [-0.1, -0.05) is 23.7 Å². The molecule has 1 amide bonds. The maximum absolute atomic E-state index is 12.2. The summed E-state index contributed by atoms with van der Waals surface area (Å²) < 4.78 is 24.8. The number of nitrogens with zero attached hydrogens (tertiary/aromatic N) is 1. The van der Waals surface area contributed by atoms with Gasteiger partial charge in [0.2, 0.25) is 0 Å². The molecular formula is C14H13ClN2O. The molecule has 4 rings (SSSR count). The van der Waals surface area contributed by atoms with Gasteiger partial charge in [-0.2, -0.15) is 0 Å². The predicted molar refractivity (Wildman–Crippen MR) is 69.7 cm³/mol. The van der Waals surface area contributed by atoms with Crippen LogP contribution in [0.25, 0.3) is 0 Å². The number of carbonyl (C=O) groups excluding carboxylic acids is 1. The Morgan fingerprint density at radius 3 is 2.94 bits per heavy atom. The first-order valence-electron chi connectivity index (χ1n) is 7.47. The molecule has 1 N–H and O–H groups in total. The number of nitrogens with one attached hydrogen (secondary N) is 1. The summed E-state index contributed by atoms with van der Waals surface area (Å²) in [5, 5.41) is 3.26. The van der Waals surface area contributed by atoms with Crippen molar-refractivity contribution in [3.8, 4) is 0 Å². The van der Waals surface area contributed by atoms with Gasteiger partial charge in [0.05, 0.1) is 0 Å². The molecule has 18 heavy (non-hydrogen) atoms. The zero-order chi connectivity index (χ0) is 15.0.